The Morgan fingerprint density at radius 2 is 1.41 bits per heavy atom. The van der Waals surface area contributed by atoms with Crippen LogP contribution in [0.25, 0.3) is 0 Å². The van der Waals surface area contributed by atoms with Crippen LogP contribution in [0.5, 0.6) is 0 Å². The number of carbonyl (C=O) groups excluding carboxylic acids is 2. The number of rotatable bonds is 11. The molecule has 0 aliphatic rings. The standard InChI is InChI=1S/C12H18S2.C9H16O.C3H7NO/c1-3-13-9-11-7-5-6-8-12(11)10-14-4-2;1-3-5-6-7-8-9(10)4-2;1-3(5)4-2/h5-8H,3-4,9-10H2,1-2H3;6-7H,3-5,8H2,1-2H3;1-2H3,(H,4,5)/b;7-6-;. The molecule has 5 heteroatoms. The van der Waals surface area contributed by atoms with Crippen molar-refractivity contribution >= 4 is 35.2 Å². The highest BCUT2D eigenvalue weighted by atomic mass is 32.2. The third-order valence-corrected chi connectivity index (χ3v) is 5.60. The first kappa shape index (κ1) is 30.0. The van der Waals surface area contributed by atoms with Crippen molar-refractivity contribution in [2.24, 2.45) is 0 Å². The smallest absolute Gasteiger partial charge is 0.216 e. The lowest BCUT2D eigenvalue weighted by atomic mass is 10.1. The van der Waals surface area contributed by atoms with Gasteiger partial charge in [-0.3, -0.25) is 9.59 Å². The minimum atomic E-state index is 0.00463. The molecule has 0 fully saturated rings. The van der Waals surface area contributed by atoms with Crippen molar-refractivity contribution in [2.45, 2.75) is 71.8 Å². The Kier molecular flexibility index (Phi) is 23.9. The molecule has 0 unspecified atom stereocenters. The van der Waals surface area contributed by atoms with Crippen LogP contribution in [0, 0.1) is 0 Å². The molecule has 166 valence electrons. The molecule has 1 aromatic carbocycles. The fourth-order valence-electron chi connectivity index (χ4n) is 1.91. The molecule has 0 spiro atoms. The van der Waals surface area contributed by atoms with Crippen LogP contribution in [0.3, 0.4) is 0 Å². The zero-order valence-corrected chi connectivity index (χ0v) is 20.9. The molecule has 0 aromatic heterocycles. The van der Waals surface area contributed by atoms with Crippen molar-refractivity contribution in [3.8, 4) is 0 Å². The van der Waals surface area contributed by atoms with E-state index in [4.69, 9.17) is 0 Å². The van der Waals surface area contributed by atoms with Crippen molar-refractivity contribution in [3.05, 3.63) is 47.5 Å². The van der Waals surface area contributed by atoms with Crippen LogP contribution in [-0.2, 0) is 21.1 Å². The summed E-state index contributed by atoms with van der Waals surface area (Å²) in [4.78, 5) is 20.4. The summed E-state index contributed by atoms with van der Waals surface area (Å²) in [5, 5.41) is 2.39. The zero-order chi connectivity index (χ0) is 22.3. The lowest BCUT2D eigenvalue weighted by molar-refractivity contribution is -0.119. The summed E-state index contributed by atoms with van der Waals surface area (Å²) in [5.74, 6) is 5.07. The molecule has 0 aliphatic heterocycles. The fraction of sp³-hybridized carbons (Fsp3) is 0.583. The number of ketones is 1. The Morgan fingerprint density at radius 1 is 0.931 bits per heavy atom. The third kappa shape index (κ3) is 21.3. The van der Waals surface area contributed by atoms with E-state index in [9.17, 15) is 9.59 Å². The first-order valence-corrected chi connectivity index (χ1v) is 12.8. The van der Waals surface area contributed by atoms with Crippen LogP contribution in [-0.4, -0.2) is 30.2 Å². The van der Waals surface area contributed by atoms with Crippen molar-refractivity contribution in [2.75, 3.05) is 18.6 Å². The highest BCUT2D eigenvalue weighted by Gasteiger charge is 2.00. The number of benzene rings is 1. The van der Waals surface area contributed by atoms with Gasteiger partial charge in [0.05, 0.1) is 0 Å². The van der Waals surface area contributed by atoms with Crippen LogP contribution in [0.2, 0.25) is 0 Å². The molecule has 1 N–H and O–H groups in total. The van der Waals surface area contributed by atoms with Crippen molar-refractivity contribution in [1.82, 2.24) is 5.32 Å². The van der Waals surface area contributed by atoms with Gasteiger partial charge in [-0.2, -0.15) is 23.5 Å². The van der Waals surface area contributed by atoms with Gasteiger partial charge in [0, 0.05) is 38.3 Å². The molecule has 1 aromatic rings. The van der Waals surface area contributed by atoms with Gasteiger partial charge in [-0.25, -0.2) is 0 Å². The summed E-state index contributed by atoms with van der Waals surface area (Å²) in [6, 6.07) is 8.81. The van der Waals surface area contributed by atoms with E-state index in [-0.39, 0.29) is 5.91 Å². The van der Waals surface area contributed by atoms with Gasteiger partial charge in [-0.15, -0.1) is 0 Å². The first-order chi connectivity index (χ1) is 14.0. The van der Waals surface area contributed by atoms with Crippen LogP contribution < -0.4 is 5.32 Å². The van der Waals surface area contributed by atoms with Crippen LogP contribution in [0.4, 0.5) is 0 Å². The van der Waals surface area contributed by atoms with Crippen molar-refractivity contribution in [3.63, 3.8) is 0 Å². The minimum absolute atomic E-state index is 0.00463. The maximum absolute atomic E-state index is 10.7. The van der Waals surface area contributed by atoms with Gasteiger partial charge < -0.3 is 5.32 Å². The number of Topliss-reactive ketones (excluding diaryl/α,β-unsaturated/α-hetero) is 1. The van der Waals surface area contributed by atoms with Gasteiger partial charge in [0.1, 0.15) is 5.78 Å². The topological polar surface area (TPSA) is 46.2 Å². The molecule has 0 radical (unpaired) electrons. The summed E-state index contributed by atoms with van der Waals surface area (Å²) in [6.45, 7) is 9.93. The molecule has 0 saturated heterocycles. The van der Waals surface area contributed by atoms with E-state index in [0.29, 0.717) is 18.6 Å². The predicted octanol–water partition coefficient (Wildman–Crippen LogP) is 6.66. The molecule has 29 heavy (non-hydrogen) atoms. The summed E-state index contributed by atoms with van der Waals surface area (Å²) in [5.41, 5.74) is 3.03. The number of hydrogen-bond acceptors (Lipinski definition) is 4. The number of hydrogen-bond donors (Lipinski definition) is 1. The maximum Gasteiger partial charge on any atom is 0.216 e. The highest BCUT2D eigenvalue weighted by molar-refractivity contribution is 7.98. The minimum Gasteiger partial charge on any atom is -0.359 e. The van der Waals surface area contributed by atoms with Crippen LogP contribution in [0.15, 0.2) is 36.4 Å². The van der Waals surface area contributed by atoms with Gasteiger partial charge in [0.25, 0.3) is 0 Å². The summed E-state index contributed by atoms with van der Waals surface area (Å²) < 4.78 is 0. The number of allylic oxidation sites excluding steroid dienone is 2. The van der Waals surface area contributed by atoms with E-state index in [2.05, 4.69) is 56.4 Å². The quantitative estimate of drug-likeness (QED) is 0.392. The number of unbranched alkanes of at least 4 members (excludes halogenated alkanes) is 1. The average molecular weight is 440 g/mol. The summed E-state index contributed by atoms with van der Waals surface area (Å²) in [7, 11) is 1.60. The summed E-state index contributed by atoms with van der Waals surface area (Å²) in [6.07, 6.45) is 7.59. The average Bonchev–Trinajstić information content (AvgIpc) is 2.75. The van der Waals surface area contributed by atoms with E-state index in [1.165, 1.54) is 29.6 Å². The third-order valence-electron chi connectivity index (χ3n) is 3.76. The van der Waals surface area contributed by atoms with E-state index < -0.39 is 0 Å². The second kappa shape index (κ2) is 23.1. The molecule has 1 amide bonds. The highest BCUT2D eigenvalue weighted by Crippen LogP contribution is 2.20. The lowest BCUT2D eigenvalue weighted by Gasteiger charge is -2.07. The zero-order valence-electron chi connectivity index (χ0n) is 19.3. The Bertz CT molecular complexity index is 533. The second-order valence-electron chi connectivity index (χ2n) is 6.21. The maximum atomic E-state index is 10.7. The van der Waals surface area contributed by atoms with Crippen molar-refractivity contribution in [1.29, 1.82) is 0 Å². The number of amides is 1. The second-order valence-corrected chi connectivity index (χ2v) is 8.75. The number of nitrogens with one attached hydrogen (secondary N) is 1. The van der Waals surface area contributed by atoms with Crippen LogP contribution in [0.1, 0.15) is 71.4 Å². The van der Waals surface area contributed by atoms with E-state index >= 15 is 0 Å². The van der Waals surface area contributed by atoms with Gasteiger partial charge in [-0.1, -0.05) is 70.5 Å². The monoisotopic (exact) mass is 439 g/mol. The fourth-order valence-corrected chi connectivity index (χ4v) is 3.32. The van der Waals surface area contributed by atoms with Crippen molar-refractivity contribution < 1.29 is 9.59 Å². The van der Waals surface area contributed by atoms with E-state index in [1.807, 2.05) is 36.5 Å². The van der Waals surface area contributed by atoms with E-state index in [0.717, 1.165) is 24.3 Å². The Labute approximate surface area is 187 Å². The largest absolute Gasteiger partial charge is 0.359 e. The Balaban J connectivity index is 0. The summed E-state index contributed by atoms with van der Waals surface area (Å²) >= 11 is 4.00. The molecule has 0 aliphatic carbocycles. The van der Waals surface area contributed by atoms with Gasteiger partial charge in [-0.05, 0) is 29.1 Å². The number of carbonyl (C=O) groups is 2. The van der Waals surface area contributed by atoms with Gasteiger partial charge in [0.15, 0.2) is 0 Å². The van der Waals surface area contributed by atoms with Gasteiger partial charge in [0.2, 0.25) is 5.91 Å². The molecule has 0 bridgehead atoms. The SMILES string of the molecule is CCC/C=C\CC(=O)CC.CCSCc1ccccc1CSCC.CNC(C)=O. The molecule has 0 heterocycles. The first-order valence-electron chi connectivity index (χ1n) is 10.5. The molecule has 3 nitrogen and oxygen atoms in total. The molecule has 1 rings (SSSR count). The van der Waals surface area contributed by atoms with Gasteiger partial charge >= 0.3 is 0 Å². The normalized spacial score (nSPS) is 9.86. The number of thioether (sulfide) groups is 2. The van der Waals surface area contributed by atoms with Crippen LogP contribution >= 0.6 is 23.5 Å². The van der Waals surface area contributed by atoms with E-state index in [1.54, 1.807) is 7.05 Å². The molecule has 0 atom stereocenters. The molecular weight excluding hydrogens is 398 g/mol. The molecular formula is C24H41NO2S2. The lowest BCUT2D eigenvalue weighted by Crippen LogP contribution is -2.11. The molecule has 0 saturated carbocycles. The predicted molar refractivity (Wildman–Crippen MR) is 134 cm³/mol. The Hall–Kier alpha value is -1.20. The Morgan fingerprint density at radius 3 is 1.76 bits per heavy atom.